The van der Waals surface area contributed by atoms with E-state index in [0.29, 0.717) is 0 Å². The summed E-state index contributed by atoms with van der Waals surface area (Å²) < 4.78 is 12.9. The van der Waals surface area contributed by atoms with Crippen molar-refractivity contribution in [3.05, 3.63) is 187 Å². The van der Waals surface area contributed by atoms with E-state index in [1.54, 1.807) is 0 Å². The predicted molar refractivity (Wildman–Crippen MR) is 224 cm³/mol. The third-order valence-corrected chi connectivity index (χ3v) is 11.5. The van der Waals surface area contributed by atoms with Crippen LogP contribution in [0.2, 0.25) is 0 Å². The lowest BCUT2D eigenvalue weighted by Crippen LogP contribution is -2.16. The van der Waals surface area contributed by atoms with Gasteiger partial charge >= 0.3 is 0 Å². The first-order chi connectivity index (χ1) is 26.6. The second-order valence-corrected chi connectivity index (χ2v) is 14.8. The summed E-state index contributed by atoms with van der Waals surface area (Å²) in [7, 11) is 0. The zero-order chi connectivity index (χ0) is 36.0. The van der Waals surface area contributed by atoms with Crippen molar-refractivity contribution in [2.75, 3.05) is 4.90 Å². The molecule has 0 unspecified atom stereocenters. The quantitative estimate of drug-likeness (QED) is 0.180. The van der Waals surface area contributed by atoms with Crippen LogP contribution in [0.3, 0.4) is 0 Å². The number of hydrogen-bond acceptors (Lipinski definition) is 3. The molecule has 0 N–H and O–H groups in total. The molecule has 3 nitrogen and oxygen atoms in total. The van der Waals surface area contributed by atoms with Crippen LogP contribution >= 0.6 is 0 Å². The molecule has 0 saturated heterocycles. The van der Waals surface area contributed by atoms with Crippen LogP contribution in [0, 0.1) is 0 Å². The average Bonchev–Trinajstić information content (AvgIpc) is 3.87. The highest BCUT2D eigenvalue weighted by molar-refractivity contribution is 6.18. The van der Waals surface area contributed by atoms with Gasteiger partial charge in [0.15, 0.2) is 0 Å². The molecule has 11 rings (SSSR count). The van der Waals surface area contributed by atoms with Gasteiger partial charge in [0, 0.05) is 21.9 Å². The molecule has 0 saturated carbocycles. The Morgan fingerprint density at radius 1 is 0.407 bits per heavy atom. The summed E-state index contributed by atoms with van der Waals surface area (Å²) in [5, 5.41) is 4.35. The Bertz CT molecular complexity index is 2980. The van der Waals surface area contributed by atoms with Crippen LogP contribution in [-0.4, -0.2) is 0 Å². The SMILES string of the molecule is CC1(C)c2cc(N(c3cccc4oc5ccccc5c34)c3cccc4oc5ccccc5c34)ccc2-c2c(-c3ccccc3-c3ccccc3)cccc21. The zero-order valence-corrected chi connectivity index (χ0v) is 30.0. The fourth-order valence-electron chi connectivity index (χ4n) is 9.02. The van der Waals surface area contributed by atoms with Crippen molar-refractivity contribution >= 4 is 60.9 Å². The highest BCUT2D eigenvalue weighted by Gasteiger charge is 2.38. The number of furan rings is 2. The first-order valence-electron chi connectivity index (χ1n) is 18.6. The van der Waals surface area contributed by atoms with Crippen molar-refractivity contribution in [3.63, 3.8) is 0 Å². The molecule has 1 aliphatic carbocycles. The molecule has 54 heavy (non-hydrogen) atoms. The largest absolute Gasteiger partial charge is 0.456 e. The van der Waals surface area contributed by atoms with E-state index in [9.17, 15) is 0 Å². The number of rotatable bonds is 5. The first-order valence-corrected chi connectivity index (χ1v) is 18.6. The Kier molecular flexibility index (Phi) is 6.60. The number of hydrogen-bond donors (Lipinski definition) is 0. The predicted octanol–water partition coefficient (Wildman–Crippen LogP) is 14.6. The zero-order valence-electron chi connectivity index (χ0n) is 30.0. The maximum absolute atomic E-state index is 6.46. The van der Waals surface area contributed by atoms with E-state index < -0.39 is 0 Å². The van der Waals surface area contributed by atoms with Gasteiger partial charge in [-0.1, -0.05) is 141 Å². The highest BCUT2D eigenvalue weighted by atomic mass is 16.3. The Morgan fingerprint density at radius 2 is 0.944 bits per heavy atom. The van der Waals surface area contributed by atoms with Crippen LogP contribution in [0.5, 0.6) is 0 Å². The summed E-state index contributed by atoms with van der Waals surface area (Å²) in [5.41, 5.74) is 16.6. The minimum Gasteiger partial charge on any atom is -0.456 e. The Labute approximate surface area is 313 Å². The number of fused-ring (bicyclic) bond motifs is 9. The van der Waals surface area contributed by atoms with Crippen molar-refractivity contribution in [2.24, 2.45) is 0 Å². The molecule has 0 amide bonds. The molecule has 0 fully saturated rings. The summed E-state index contributed by atoms with van der Waals surface area (Å²) in [6, 6.07) is 62.9. The van der Waals surface area contributed by atoms with Crippen LogP contribution in [0.25, 0.3) is 77.3 Å². The molecule has 0 aliphatic heterocycles. The van der Waals surface area contributed by atoms with Gasteiger partial charge in [-0.25, -0.2) is 0 Å². The molecule has 256 valence electrons. The number of benzene rings is 8. The van der Waals surface area contributed by atoms with Gasteiger partial charge in [0.2, 0.25) is 0 Å². The van der Waals surface area contributed by atoms with E-state index in [1.165, 1.54) is 44.5 Å². The van der Waals surface area contributed by atoms with Gasteiger partial charge in [0.1, 0.15) is 22.3 Å². The maximum atomic E-state index is 6.46. The normalized spacial score (nSPS) is 13.1. The van der Waals surface area contributed by atoms with Crippen molar-refractivity contribution in [1.29, 1.82) is 0 Å². The highest BCUT2D eigenvalue weighted by Crippen LogP contribution is 2.55. The van der Waals surface area contributed by atoms with Crippen molar-refractivity contribution in [1.82, 2.24) is 0 Å². The van der Waals surface area contributed by atoms with E-state index in [4.69, 9.17) is 8.83 Å². The summed E-state index contributed by atoms with van der Waals surface area (Å²) in [5.74, 6) is 0. The summed E-state index contributed by atoms with van der Waals surface area (Å²) in [6.07, 6.45) is 0. The number of para-hydroxylation sites is 2. The lowest BCUT2D eigenvalue weighted by molar-refractivity contribution is 0.660. The molecule has 8 aromatic carbocycles. The number of anilines is 3. The van der Waals surface area contributed by atoms with Crippen LogP contribution in [0.15, 0.2) is 185 Å². The van der Waals surface area contributed by atoms with Gasteiger partial charge in [-0.05, 0) is 93.0 Å². The monoisotopic (exact) mass is 693 g/mol. The summed E-state index contributed by atoms with van der Waals surface area (Å²) in [4.78, 5) is 2.42. The lowest BCUT2D eigenvalue weighted by Gasteiger charge is -2.29. The summed E-state index contributed by atoms with van der Waals surface area (Å²) in [6.45, 7) is 4.74. The molecule has 1 aliphatic rings. The van der Waals surface area contributed by atoms with E-state index >= 15 is 0 Å². The summed E-state index contributed by atoms with van der Waals surface area (Å²) >= 11 is 0. The molecule has 2 heterocycles. The van der Waals surface area contributed by atoms with Gasteiger partial charge in [-0.15, -0.1) is 0 Å². The van der Waals surface area contributed by atoms with E-state index in [2.05, 4.69) is 183 Å². The van der Waals surface area contributed by atoms with E-state index in [0.717, 1.165) is 60.9 Å². The smallest absolute Gasteiger partial charge is 0.137 e. The van der Waals surface area contributed by atoms with Crippen LogP contribution < -0.4 is 4.90 Å². The van der Waals surface area contributed by atoms with Crippen LogP contribution in [0.1, 0.15) is 25.0 Å². The average molecular weight is 694 g/mol. The Morgan fingerprint density at radius 3 is 1.61 bits per heavy atom. The fourth-order valence-corrected chi connectivity index (χ4v) is 9.02. The van der Waals surface area contributed by atoms with Gasteiger partial charge < -0.3 is 13.7 Å². The molecule has 0 atom stereocenters. The van der Waals surface area contributed by atoms with Crippen molar-refractivity contribution < 1.29 is 8.83 Å². The third kappa shape index (κ3) is 4.42. The second-order valence-electron chi connectivity index (χ2n) is 14.8. The van der Waals surface area contributed by atoms with Gasteiger partial charge in [0.05, 0.1) is 22.1 Å². The molecule has 3 heteroatoms. The fraction of sp³-hybridized carbons (Fsp3) is 0.0588. The second kappa shape index (κ2) is 11.6. The van der Waals surface area contributed by atoms with Gasteiger partial charge in [-0.2, -0.15) is 0 Å². The third-order valence-electron chi connectivity index (χ3n) is 11.5. The molecule has 2 aromatic heterocycles. The molecular weight excluding hydrogens is 659 g/mol. The first kappa shape index (κ1) is 30.8. The standard InChI is InChI=1S/C51H35NO2/c1-51(2)40-22-12-21-36(35-18-7-6-17-34(35)32-15-4-3-5-16-32)48(40)37-30-29-33(31-41(37)51)52(42-23-13-27-46-49(42)38-19-8-10-25-44(38)53-46)43-24-14-28-47-50(43)39-20-9-11-26-45(39)54-47/h3-31H,1-2H3. The van der Waals surface area contributed by atoms with Crippen molar-refractivity contribution in [3.8, 4) is 33.4 Å². The van der Waals surface area contributed by atoms with Crippen molar-refractivity contribution in [2.45, 2.75) is 19.3 Å². The molecule has 10 aromatic rings. The van der Waals surface area contributed by atoms with E-state index in [1.807, 2.05) is 12.1 Å². The molecule has 0 radical (unpaired) electrons. The maximum Gasteiger partial charge on any atom is 0.137 e. The molecule has 0 spiro atoms. The topological polar surface area (TPSA) is 29.5 Å². The Hall–Kier alpha value is -6.84. The van der Waals surface area contributed by atoms with E-state index in [-0.39, 0.29) is 5.41 Å². The minimum atomic E-state index is -0.243. The lowest BCUT2D eigenvalue weighted by atomic mass is 9.81. The minimum absolute atomic E-state index is 0.243. The molecule has 0 bridgehead atoms. The van der Waals surface area contributed by atoms with Crippen LogP contribution in [0.4, 0.5) is 17.1 Å². The van der Waals surface area contributed by atoms with Crippen LogP contribution in [-0.2, 0) is 5.41 Å². The van der Waals surface area contributed by atoms with Gasteiger partial charge in [-0.3, -0.25) is 0 Å². The number of nitrogens with zero attached hydrogens (tertiary/aromatic N) is 1. The van der Waals surface area contributed by atoms with Gasteiger partial charge in [0.25, 0.3) is 0 Å². The Balaban J connectivity index is 1.17. The molecular formula is C51H35NO2.